The fraction of sp³-hybridized carbons (Fsp3) is 0.538. The van der Waals surface area contributed by atoms with Gasteiger partial charge in [0.15, 0.2) is 0 Å². The summed E-state index contributed by atoms with van der Waals surface area (Å²) in [7, 11) is 2.07. The minimum absolute atomic E-state index is 0.0281. The molecular weight excluding hydrogens is 989 g/mol. The molecule has 3 aromatic rings. The van der Waals surface area contributed by atoms with Crippen LogP contribution in [0.5, 0.6) is 5.75 Å². The molecule has 404 valence electrons. The van der Waals surface area contributed by atoms with Crippen molar-refractivity contribution in [1.82, 2.24) is 37.2 Å². The Kier molecular flexibility index (Phi) is 23.3. The molecule has 74 heavy (non-hydrogen) atoms. The van der Waals surface area contributed by atoms with E-state index >= 15 is 0 Å². The van der Waals surface area contributed by atoms with Crippen LogP contribution in [0.3, 0.4) is 0 Å². The number of benzene rings is 3. The molecule has 2 aliphatic rings. The highest BCUT2D eigenvalue weighted by molar-refractivity contribution is 8.76. The summed E-state index contributed by atoms with van der Waals surface area (Å²) in [5.41, 5.74) is 19.1. The molecule has 0 aromatic heterocycles. The number of phenols is 1. The van der Waals surface area contributed by atoms with Gasteiger partial charge >= 0.3 is 0 Å². The van der Waals surface area contributed by atoms with Crippen LogP contribution in [0.4, 0.5) is 0 Å². The molecule has 1 saturated heterocycles. The number of hydrogen-bond acceptors (Lipinski definition) is 14. The standard InChI is InChI=1S/C52H74N10O10S2/c1-29(2)43-52(72)60-42(51(71)62-44(30(3)63)45(55)65)28-74-73-27-41(59-46(66)37(54)24-33-16-19-34-13-7-8-14-35(34)23-33)50(70)58-40(26-32-17-20-36(64)21-18-32)49(69)57-39(25-31-11-5-4-6-12-31)48(68)56-38(47(67)61-43)15-9-10-22-53/h7-8,13-14,16-21,23,29-31,37-44,63-64H,4-6,9-12,15,22,24-28,53-54H2,1-3H3,(H2,55,65)(H,56,68)(H,57,69)(H,58,70)(H,59,66)(H,60,72)(H,61,67)(H,62,71)/t30-,37-,38+,39-,40+,41+,42+,43+,44+/m1/s1. The van der Waals surface area contributed by atoms with E-state index in [1.165, 1.54) is 19.1 Å². The number of nitrogens with one attached hydrogen (secondary N) is 7. The monoisotopic (exact) mass is 1060 g/mol. The number of unbranched alkanes of at least 4 members (excludes halogenated alkanes) is 1. The van der Waals surface area contributed by atoms with Gasteiger partial charge in [-0.05, 0) is 91.4 Å². The molecule has 0 unspecified atom stereocenters. The predicted octanol–water partition coefficient (Wildman–Crippen LogP) is 1.07. The molecule has 0 bridgehead atoms. The maximum atomic E-state index is 14.7. The molecule has 9 atom stereocenters. The van der Waals surface area contributed by atoms with Gasteiger partial charge in [-0.2, -0.15) is 0 Å². The molecule has 0 spiro atoms. The Morgan fingerprint density at radius 3 is 2.01 bits per heavy atom. The van der Waals surface area contributed by atoms with Crippen molar-refractivity contribution in [3.8, 4) is 5.75 Å². The third kappa shape index (κ3) is 18.2. The summed E-state index contributed by atoms with van der Waals surface area (Å²) in [5.74, 6) is -7.16. The highest BCUT2D eigenvalue weighted by Gasteiger charge is 2.37. The lowest BCUT2D eigenvalue weighted by Crippen LogP contribution is -2.62. The summed E-state index contributed by atoms with van der Waals surface area (Å²) >= 11 is 0. The molecule has 5 rings (SSSR count). The van der Waals surface area contributed by atoms with E-state index in [2.05, 4.69) is 37.2 Å². The van der Waals surface area contributed by atoms with E-state index in [0.29, 0.717) is 24.9 Å². The highest BCUT2D eigenvalue weighted by atomic mass is 33.1. The van der Waals surface area contributed by atoms with Gasteiger partial charge in [-0.25, -0.2) is 0 Å². The highest BCUT2D eigenvalue weighted by Crippen LogP contribution is 2.28. The van der Waals surface area contributed by atoms with Crippen LogP contribution < -0.4 is 54.4 Å². The van der Waals surface area contributed by atoms with Crippen LogP contribution in [0.15, 0.2) is 66.7 Å². The topological polar surface area (TPSA) is 339 Å². The Bertz CT molecular complexity index is 2410. The van der Waals surface area contributed by atoms with Gasteiger partial charge in [0.1, 0.15) is 48.0 Å². The van der Waals surface area contributed by atoms with E-state index in [-0.39, 0.29) is 48.9 Å². The van der Waals surface area contributed by atoms with Gasteiger partial charge in [0.25, 0.3) is 0 Å². The van der Waals surface area contributed by atoms with Crippen molar-refractivity contribution < 1.29 is 48.6 Å². The summed E-state index contributed by atoms with van der Waals surface area (Å²) in [4.78, 5) is 113. The number of aliphatic hydroxyl groups is 1. The van der Waals surface area contributed by atoms with Crippen LogP contribution in [0.2, 0.25) is 0 Å². The van der Waals surface area contributed by atoms with E-state index in [9.17, 15) is 48.6 Å². The molecule has 1 aliphatic carbocycles. The Labute approximate surface area is 440 Å². The first-order chi connectivity index (χ1) is 35.3. The number of amides is 8. The zero-order chi connectivity index (χ0) is 53.9. The molecule has 3 aromatic carbocycles. The second kappa shape index (κ2) is 29.2. The smallest absolute Gasteiger partial charge is 0.244 e. The number of rotatable bonds is 17. The van der Waals surface area contributed by atoms with E-state index in [1.807, 2.05) is 42.5 Å². The number of aliphatic hydroxyl groups excluding tert-OH is 1. The van der Waals surface area contributed by atoms with E-state index in [4.69, 9.17) is 17.2 Å². The summed E-state index contributed by atoms with van der Waals surface area (Å²) < 4.78 is 0. The van der Waals surface area contributed by atoms with Crippen molar-refractivity contribution >= 4 is 79.6 Å². The van der Waals surface area contributed by atoms with Crippen LogP contribution in [0, 0.1) is 11.8 Å². The summed E-state index contributed by atoms with van der Waals surface area (Å²) in [6.07, 6.45) is 4.38. The fourth-order valence-electron chi connectivity index (χ4n) is 8.97. The maximum Gasteiger partial charge on any atom is 0.244 e. The number of phenolic OH excluding ortho intramolecular Hbond substituents is 1. The normalized spacial score (nSPS) is 23.5. The second-order valence-electron chi connectivity index (χ2n) is 19.6. The number of hydrogen-bond donors (Lipinski definition) is 12. The Morgan fingerprint density at radius 2 is 1.35 bits per heavy atom. The Morgan fingerprint density at radius 1 is 0.730 bits per heavy atom. The van der Waals surface area contributed by atoms with Gasteiger partial charge in [0.05, 0.1) is 12.1 Å². The quantitative estimate of drug-likeness (QED) is 0.0665. The van der Waals surface area contributed by atoms with Crippen LogP contribution >= 0.6 is 21.6 Å². The molecule has 1 aliphatic heterocycles. The molecule has 2 fully saturated rings. The van der Waals surface area contributed by atoms with Gasteiger partial charge in [-0.1, -0.05) is 122 Å². The third-order valence-electron chi connectivity index (χ3n) is 13.3. The van der Waals surface area contributed by atoms with Crippen LogP contribution in [-0.2, 0) is 51.2 Å². The molecule has 20 nitrogen and oxygen atoms in total. The van der Waals surface area contributed by atoms with E-state index < -0.39 is 108 Å². The van der Waals surface area contributed by atoms with E-state index in [1.54, 1.807) is 26.0 Å². The minimum Gasteiger partial charge on any atom is -0.508 e. The maximum absolute atomic E-state index is 14.7. The number of carbonyl (C=O) groups excluding carboxylic acids is 8. The number of aromatic hydroxyl groups is 1. The van der Waals surface area contributed by atoms with Crippen molar-refractivity contribution in [3.05, 3.63) is 77.9 Å². The molecule has 8 amide bonds. The van der Waals surface area contributed by atoms with Gasteiger partial charge in [-0.3, -0.25) is 38.4 Å². The SMILES string of the molecule is CC(C)[C@@H]1NC(=O)[C@H](CCCCN)NC(=O)[C@@H](CC2CCCCC2)NC(=O)[C@H](Cc2ccc(O)cc2)NC(=O)[C@@H](NC(=O)[C@H](N)Cc2ccc3ccccc3c2)CSSC[C@@H](C(=O)N[C@H](C(N)=O)[C@@H](C)O)NC1=O. The lowest BCUT2D eigenvalue weighted by molar-refractivity contribution is -0.136. The van der Waals surface area contributed by atoms with Crippen molar-refractivity contribution in [2.24, 2.45) is 29.0 Å². The zero-order valence-corrected chi connectivity index (χ0v) is 43.9. The van der Waals surface area contributed by atoms with Crippen molar-refractivity contribution in [3.63, 3.8) is 0 Å². The number of carbonyl (C=O) groups is 8. The first-order valence-electron chi connectivity index (χ1n) is 25.4. The largest absolute Gasteiger partial charge is 0.508 e. The molecule has 22 heteroatoms. The number of fused-ring (bicyclic) bond motifs is 1. The molecule has 0 radical (unpaired) electrons. The Balaban J connectivity index is 1.54. The number of primary amides is 1. The average Bonchev–Trinajstić information content (AvgIpc) is 3.36. The van der Waals surface area contributed by atoms with Gasteiger partial charge < -0.3 is 64.6 Å². The van der Waals surface area contributed by atoms with E-state index in [0.717, 1.165) is 70.0 Å². The minimum atomic E-state index is -1.53. The molecular formula is C52H74N10O10S2. The van der Waals surface area contributed by atoms with Gasteiger partial charge in [0.2, 0.25) is 47.3 Å². The predicted molar refractivity (Wildman–Crippen MR) is 286 cm³/mol. The first kappa shape index (κ1) is 58.9. The lowest BCUT2D eigenvalue weighted by atomic mass is 9.84. The lowest BCUT2D eigenvalue weighted by Gasteiger charge is -2.31. The van der Waals surface area contributed by atoms with Crippen molar-refractivity contribution in [2.75, 3.05) is 18.1 Å². The Hall–Kier alpha value is -5.94. The molecule has 15 N–H and O–H groups in total. The second-order valence-corrected chi connectivity index (χ2v) is 22.2. The third-order valence-corrected chi connectivity index (χ3v) is 15.7. The first-order valence-corrected chi connectivity index (χ1v) is 27.9. The van der Waals surface area contributed by atoms with Crippen molar-refractivity contribution in [2.45, 2.75) is 146 Å². The van der Waals surface area contributed by atoms with Crippen LogP contribution in [0.25, 0.3) is 10.8 Å². The molecule has 1 saturated carbocycles. The van der Waals surface area contributed by atoms with Crippen LogP contribution in [-0.4, -0.2) is 130 Å². The fourth-order valence-corrected chi connectivity index (χ4v) is 11.3. The zero-order valence-electron chi connectivity index (χ0n) is 42.3. The average molecular weight is 1060 g/mol. The van der Waals surface area contributed by atoms with Crippen molar-refractivity contribution in [1.29, 1.82) is 0 Å². The summed E-state index contributed by atoms with van der Waals surface area (Å²) in [5, 5.41) is 41.5. The summed E-state index contributed by atoms with van der Waals surface area (Å²) in [6.45, 7) is 4.92. The summed E-state index contributed by atoms with van der Waals surface area (Å²) in [6, 6.07) is 9.07. The van der Waals surface area contributed by atoms with Gasteiger partial charge in [-0.15, -0.1) is 0 Å². The van der Waals surface area contributed by atoms with Gasteiger partial charge in [0, 0.05) is 17.9 Å². The number of nitrogens with two attached hydrogens (primary N) is 3. The van der Waals surface area contributed by atoms with Crippen LogP contribution in [0.1, 0.15) is 89.7 Å². The molecule has 1 heterocycles.